The van der Waals surface area contributed by atoms with E-state index in [9.17, 15) is 23.5 Å². The van der Waals surface area contributed by atoms with Crippen LogP contribution in [0, 0.1) is 11.6 Å². The van der Waals surface area contributed by atoms with Crippen molar-refractivity contribution in [2.24, 2.45) is 0 Å². The molecule has 2 amide bonds. The van der Waals surface area contributed by atoms with E-state index in [2.05, 4.69) is 10.6 Å². The summed E-state index contributed by atoms with van der Waals surface area (Å²) >= 11 is 0. The molecule has 1 fully saturated rings. The number of benzene rings is 3. The number of carbonyl (C=O) groups is 2. The Morgan fingerprint density at radius 2 is 1.58 bits per heavy atom. The van der Waals surface area contributed by atoms with Crippen molar-refractivity contribution in [3.63, 3.8) is 0 Å². The van der Waals surface area contributed by atoms with Crippen molar-refractivity contribution < 1.29 is 28.2 Å². The number of nitrogens with zero attached hydrogens (tertiary/aromatic N) is 1. The van der Waals surface area contributed by atoms with E-state index in [1.165, 1.54) is 18.2 Å². The maximum absolute atomic E-state index is 13.8. The van der Waals surface area contributed by atoms with E-state index in [0.29, 0.717) is 44.0 Å². The summed E-state index contributed by atoms with van der Waals surface area (Å²) in [7, 11) is 0. The number of ether oxygens (including phenoxy) is 1. The van der Waals surface area contributed by atoms with Gasteiger partial charge in [0.2, 0.25) is 0 Å². The number of hydrogen-bond donors (Lipinski definition) is 3. The Kier molecular flexibility index (Phi) is 9.53. The number of hydrogen-bond acceptors (Lipinski definition) is 5. The highest BCUT2D eigenvalue weighted by Gasteiger charge is 2.24. The molecule has 0 bridgehead atoms. The Morgan fingerprint density at radius 3 is 2.29 bits per heavy atom. The lowest BCUT2D eigenvalue weighted by atomic mass is 9.99. The van der Waals surface area contributed by atoms with Crippen LogP contribution >= 0.6 is 0 Å². The number of rotatable bonds is 10. The van der Waals surface area contributed by atoms with Gasteiger partial charge >= 0.3 is 0 Å². The summed E-state index contributed by atoms with van der Waals surface area (Å²) in [6.07, 6.45) is -1.06. The molecule has 7 nitrogen and oxygen atoms in total. The van der Waals surface area contributed by atoms with Crippen molar-refractivity contribution in [2.45, 2.75) is 25.1 Å². The first kappa shape index (κ1) is 27.4. The quantitative estimate of drug-likeness (QED) is 0.380. The molecule has 9 heteroatoms. The Bertz CT molecular complexity index is 1220. The summed E-state index contributed by atoms with van der Waals surface area (Å²) < 4.78 is 32.9. The van der Waals surface area contributed by atoms with Gasteiger partial charge < -0.3 is 25.4 Å². The van der Waals surface area contributed by atoms with Crippen molar-refractivity contribution in [1.82, 2.24) is 15.5 Å². The number of carbonyl (C=O) groups excluding carboxylic acids is 2. The first-order valence-corrected chi connectivity index (χ1v) is 12.5. The first-order valence-electron chi connectivity index (χ1n) is 12.5. The number of nitrogens with one attached hydrogen (secondary N) is 2. The van der Waals surface area contributed by atoms with Crippen molar-refractivity contribution in [1.29, 1.82) is 0 Å². The minimum atomic E-state index is -1.06. The number of morpholine rings is 1. The van der Waals surface area contributed by atoms with Gasteiger partial charge in [-0.2, -0.15) is 0 Å². The second-order valence-corrected chi connectivity index (χ2v) is 9.23. The highest BCUT2D eigenvalue weighted by atomic mass is 19.1. The van der Waals surface area contributed by atoms with Gasteiger partial charge in [0.15, 0.2) is 0 Å². The Hall–Kier alpha value is -3.66. The van der Waals surface area contributed by atoms with Crippen molar-refractivity contribution in [3.05, 3.63) is 107 Å². The maximum atomic E-state index is 13.8. The van der Waals surface area contributed by atoms with Crippen LogP contribution in [0.15, 0.2) is 72.8 Å². The summed E-state index contributed by atoms with van der Waals surface area (Å²) in [6, 6.07) is 18.2. The maximum Gasteiger partial charge on any atom is 0.254 e. The summed E-state index contributed by atoms with van der Waals surface area (Å²) in [6.45, 7) is 2.51. The van der Waals surface area contributed by atoms with Gasteiger partial charge in [-0.1, -0.05) is 36.4 Å². The minimum Gasteiger partial charge on any atom is -0.390 e. The third-order valence-corrected chi connectivity index (χ3v) is 6.35. The highest BCUT2D eigenvalue weighted by Crippen LogP contribution is 2.14. The van der Waals surface area contributed by atoms with Crippen molar-refractivity contribution >= 4 is 11.8 Å². The average Bonchev–Trinajstić information content (AvgIpc) is 2.93. The summed E-state index contributed by atoms with van der Waals surface area (Å²) in [5.74, 6) is -2.18. The lowest BCUT2D eigenvalue weighted by Crippen LogP contribution is -2.48. The van der Waals surface area contributed by atoms with Gasteiger partial charge in [0.05, 0.1) is 25.4 Å². The molecule has 3 aromatic rings. The van der Waals surface area contributed by atoms with Gasteiger partial charge in [0, 0.05) is 43.4 Å². The summed E-state index contributed by atoms with van der Waals surface area (Å²) in [5, 5.41) is 16.9. The van der Waals surface area contributed by atoms with E-state index in [0.717, 1.165) is 11.6 Å². The highest BCUT2D eigenvalue weighted by molar-refractivity contribution is 5.99. The molecule has 0 radical (unpaired) electrons. The third kappa shape index (κ3) is 7.67. The molecule has 0 aromatic heterocycles. The van der Waals surface area contributed by atoms with Crippen LogP contribution in [0.4, 0.5) is 8.78 Å². The van der Waals surface area contributed by atoms with Gasteiger partial charge in [0.1, 0.15) is 11.6 Å². The molecule has 2 atom stereocenters. The van der Waals surface area contributed by atoms with Gasteiger partial charge in [-0.15, -0.1) is 0 Å². The van der Waals surface area contributed by atoms with E-state index >= 15 is 0 Å². The van der Waals surface area contributed by atoms with Gasteiger partial charge in [-0.3, -0.25) is 9.59 Å². The second-order valence-electron chi connectivity index (χ2n) is 9.23. The van der Waals surface area contributed by atoms with Gasteiger partial charge in [-0.05, 0) is 47.9 Å². The smallest absolute Gasteiger partial charge is 0.254 e. The molecule has 4 rings (SSSR count). The predicted molar refractivity (Wildman–Crippen MR) is 139 cm³/mol. The van der Waals surface area contributed by atoms with Gasteiger partial charge in [0.25, 0.3) is 11.8 Å². The van der Waals surface area contributed by atoms with Crippen LogP contribution in [-0.4, -0.2) is 66.8 Å². The molecule has 0 spiro atoms. The van der Waals surface area contributed by atoms with Gasteiger partial charge in [-0.25, -0.2) is 8.78 Å². The van der Waals surface area contributed by atoms with E-state index in [1.54, 1.807) is 23.1 Å². The molecule has 3 N–H and O–H groups in total. The standard InChI is InChI=1S/C29H31F2N3O4/c30-24-13-21(14-25(31)17-24)15-26(27(35)19-32-18-20-5-2-1-3-6-20)33-28(36)22-7-4-8-23(16-22)29(37)34-9-11-38-12-10-34/h1-8,13-14,16-17,26-27,32,35H,9-12,15,18-19H2,(H,33,36). The Balaban J connectivity index is 1.47. The Morgan fingerprint density at radius 1 is 0.895 bits per heavy atom. The van der Waals surface area contributed by atoms with Crippen LogP contribution in [0.1, 0.15) is 31.8 Å². The zero-order valence-electron chi connectivity index (χ0n) is 20.9. The fourth-order valence-corrected chi connectivity index (χ4v) is 4.36. The van der Waals surface area contributed by atoms with Crippen LogP contribution in [0.3, 0.4) is 0 Å². The van der Waals surface area contributed by atoms with Crippen LogP contribution in [0.2, 0.25) is 0 Å². The molecule has 1 heterocycles. The van der Waals surface area contributed by atoms with E-state index in [-0.39, 0.29) is 24.4 Å². The molecule has 0 saturated carbocycles. The fourth-order valence-electron chi connectivity index (χ4n) is 4.36. The lowest BCUT2D eigenvalue weighted by molar-refractivity contribution is 0.0303. The van der Waals surface area contributed by atoms with Crippen LogP contribution in [0.25, 0.3) is 0 Å². The van der Waals surface area contributed by atoms with E-state index in [1.807, 2.05) is 30.3 Å². The van der Waals surface area contributed by atoms with Crippen LogP contribution in [-0.2, 0) is 17.7 Å². The molecular weight excluding hydrogens is 492 g/mol. The fraction of sp³-hybridized carbons (Fsp3) is 0.310. The number of halogens is 2. The summed E-state index contributed by atoms with van der Waals surface area (Å²) in [5.41, 5.74) is 1.93. The molecular formula is C29H31F2N3O4. The number of aliphatic hydroxyl groups is 1. The number of amides is 2. The molecule has 200 valence electrons. The predicted octanol–water partition coefficient (Wildman–Crippen LogP) is 2.93. The average molecular weight is 524 g/mol. The van der Waals surface area contributed by atoms with Crippen LogP contribution < -0.4 is 10.6 Å². The summed E-state index contributed by atoms with van der Waals surface area (Å²) in [4.78, 5) is 27.7. The monoisotopic (exact) mass is 523 g/mol. The number of aliphatic hydroxyl groups excluding tert-OH is 1. The molecule has 1 aliphatic heterocycles. The molecule has 0 aliphatic carbocycles. The second kappa shape index (κ2) is 13.2. The van der Waals surface area contributed by atoms with E-state index < -0.39 is 29.7 Å². The normalized spacial score (nSPS) is 15.1. The zero-order chi connectivity index (χ0) is 26.9. The molecule has 3 aromatic carbocycles. The van der Waals surface area contributed by atoms with Crippen molar-refractivity contribution in [3.8, 4) is 0 Å². The molecule has 38 heavy (non-hydrogen) atoms. The Labute approximate surface area is 220 Å². The SMILES string of the molecule is O=C(NC(Cc1cc(F)cc(F)c1)C(O)CNCc1ccccc1)c1cccc(C(=O)N2CCOCC2)c1. The molecule has 1 saturated heterocycles. The first-order chi connectivity index (χ1) is 18.4. The van der Waals surface area contributed by atoms with E-state index in [4.69, 9.17) is 4.74 Å². The topological polar surface area (TPSA) is 90.9 Å². The minimum absolute atomic E-state index is 0.000995. The lowest BCUT2D eigenvalue weighted by Gasteiger charge is -2.27. The largest absolute Gasteiger partial charge is 0.390 e. The van der Waals surface area contributed by atoms with Crippen LogP contribution in [0.5, 0.6) is 0 Å². The molecule has 2 unspecified atom stereocenters. The zero-order valence-corrected chi connectivity index (χ0v) is 20.9. The molecule has 1 aliphatic rings. The third-order valence-electron chi connectivity index (χ3n) is 6.35. The van der Waals surface area contributed by atoms with Crippen molar-refractivity contribution in [2.75, 3.05) is 32.8 Å².